The van der Waals surface area contributed by atoms with Gasteiger partial charge in [-0.05, 0) is 12.5 Å². The third kappa shape index (κ3) is 6.22. The fourth-order valence-corrected chi connectivity index (χ4v) is 1.55. The highest BCUT2D eigenvalue weighted by Gasteiger charge is 2.10. The van der Waals surface area contributed by atoms with Gasteiger partial charge in [-0.1, -0.05) is 29.8 Å². The van der Waals surface area contributed by atoms with Crippen LogP contribution in [0.15, 0.2) is 24.3 Å². The second-order valence-electron chi connectivity index (χ2n) is 4.22. The van der Waals surface area contributed by atoms with Gasteiger partial charge in [0.15, 0.2) is 0 Å². The molecule has 0 saturated carbocycles. The van der Waals surface area contributed by atoms with Crippen molar-refractivity contribution in [3.8, 4) is 0 Å². The summed E-state index contributed by atoms with van der Waals surface area (Å²) in [6.45, 7) is 2.42. The van der Waals surface area contributed by atoms with Gasteiger partial charge in [-0.25, -0.2) is 0 Å². The monoisotopic (exact) mass is 285 g/mol. The van der Waals surface area contributed by atoms with Crippen LogP contribution in [0, 0.1) is 6.92 Å². The number of rotatable bonds is 5. The summed E-state index contributed by atoms with van der Waals surface area (Å²) < 4.78 is 0. The molecule has 19 heavy (non-hydrogen) atoms. The summed E-state index contributed by atoms with van der Waals surface area (Å²) in [5.74, 6) is -0.467. The van der Waals surface area contributed by atoms with E-state index < -0.39 is 0 Å². The Balaban J connectivity index is 0.00000324. The molecule has 0 bridgehead atoms. The van der Waals surface area contributed by atoms with E-state index in [1.54, 1.807) is 11.9 Å². The summed E-state index contributed by atoms with van der Waals surface area (Å²) in [7, 11) is 1.71. The van der Waals surface area contributed by atoms with Crippen molar-refractivity contribution in [2.75, 3.05) is 20.1 Å². The molecule has 3 N–H and O–H groups in total. The van der Waals surface area contributed by atoms with Gasteiger partial charge in [0.25, 0.3) is 0 Å². The maximum Gasteiger partial charge on any atom is 0.242 e. The summed E-state index contributed by atoms with van der Waals surface area (Å²) in [6, 6.07) is 7.96. The van der Waals surface area contributed by atoms with Crippen LogP contribution in [-0.4, -0.2) is 36.9 Å². The van der Waals surface area contributed by atoms with Crippen LogP contribution in [0.5, 0.6) is 0 Å². The number of benzene rings is 1. The average Bonchev–Trinajstić information content (AvgIpc) is 2.35. The molecule has 0 spiro atoms. The molecular weight excluding hydrogens is 266 g/mol. The Morgan fingerprint density at radius 2 is 2.05 bits per heavy atom. The molecule has 106 valence electrons. The van der Waals surface area contributed by atoms with E-state index >= 15 is 0 Å². The first-order valence-corrected chi connectivity index (χ1v) is 5.79. The van der Waals surface area contributed by atoms with Crippen molar-refractivity contribution in [3.63, 3.8) is 0 Å². The van der Waals surface area contributed by atoms with Gasteiger partial charge in [-0.3, -0.25) is 9.59 Å². The maximum atomic E-state index is 11.7. The van der Waals surface area contributed by atoms with Crippen LogP contribution in [-0.2, 0) is 16.1 Å². The first kappa shape index (κ1) is 17.4. The molecule has 0 unspecified atom stereocenters. The normalized spacial score (nSPS) is 9.42. The van der Waals surface area contributed by atoms with Gasteiger partial charge < -0.3 is 16.0 Å². The van der Waals surface area contributed by atoms with Crippen molar-refractivity contribution in [2.24, 2.45) is 5.73 Å². The average molecular weight is 286 g/mol. The zero-order chi connectivity index (χ0) is 13.5. The largest absolute Gasteiger partial charge is 0.346 e. The molecular formula is C13H20ClN3O2. The minimum atomic E-state index is -0.327. The first-order chi connectivity index (χ1) is 8.52. The van der Waals surface area contributed by atoms with Crippen molar-refractivity contribution in [3.05, 3.63) is 35.4 Å². The molecule has 0 aliphatic heterocycles. The molecule has 1 rings (SSSR count). The predicted octanol–water partition coefficient (Wildman–Crippen LogP) is 0.450. The first-order valence-electron chi connectivity index (χ1n) is 5.79. The van der Waals surface area contributed by atoms with Crippen LogP contribution >= 0.6 is 12.4 Å². The third-order valence-corrected chi connectivity index (χ3v) is 2.55. The SMILES string of the molecule is Cc1cccc(CN(C)C(=O)CNC(=O)CN)c1.Cl. The highest BCUT2D eigenvalue weighted by atomic mass is 35.5. The lowest BCUT2D eigenvalue weighted by Gasteiger charge is -2.17. The van der Waals surface area contributed by atoms with Gasteiger partial charge in [0.05, 0.1) is 13.1 Å². The smallest absolute Gasteiger partial charge is 0.242 e. The number of carbonyl (C=O) groups excluding carboxylic acids is 2. The van der Waals surface area contributed by atoms with Gasteiger partial charge >= 0.3 is 0 Å². The van der Waals surface area contributed by atoms with Crippen LogP contribution in [0.3, 0.4) is 0 Å². The van der Waals surface area contributed by atoms with E-state index in [-0.39, 0.29) is 37.3 Å². The topological polar surface area (TPSA) is 75.4 Å². The number of nitrogens with one attached hydrogen (secondary N) is 1. The molecule has 0 aromatic heterocycles. The van der Waals surface area contributed by atoms with Gasteiger partial charge in [0.1, 0.15) is 0 Å². The second-order valence-corrected chi connectivity index (χ2v) is 4.22. The number of nitrogens with zero attached hydrogens (tertiary/aromatic N) is 1. The Labute approximate surface area is 119 Å². The molecule has 6 heteroatoms. The molecule has 0 aliphatic rings. The highest BCUT2D eigenvalue weighted by Crippen LogP contribution is 2.06. The highest BCUT2D eigenvalue weighted by molar-refractivity contribution is 5.85. The molecule has 0 atom stereocenters. The fourth-order valence-electron chi connectivity index (χ4n) is 1.55. The summed E-state index contributed by atoms with van der Waals surface area (Å²) >= 11 is 0. The van der Waals surface area contributed by atoms with Gasteiger partial charge in [0.2, 0.25) is 11.8 Å². The number of hydrogen-bond donors (Lipinski definition) is 2. The number of likely N-dealkylation sites (N-methyl/N-ethyl adjacent to an activating group) is 1. The lowest BCUT2D eigenvalue weighted by atomic mass is 10.1. The molecule has 0 fully saturated rings. The lowest BCUT2D eigenvalue weighted by Crippen LogP contribution is -2.40. The summed E-state index contributed by atoms with van der Waals surface area (Å²) in [5, 5.41) is 2.46. The van der Waals surface area contributed by atoms with E-state index in [1.807, 2.05) is 31.2 Å². The van der Waals surface area contributed by atoms with Crippen molar-refractivity contribution < 1.29 is 9.59 Å². The molecule has 0 radical (unpaired) electrons. The molecule has 2 amide bonds. The van der Waals surface area contributed by atoms with Crippen LogP contribution in [0.2, 0.25) is 0 Å². The number of hydrogen-bond acceptors (Lipinski definition) is 3. The second kappa shape index (κ2) is 8.50. The van der Waals surface area contributed by atoms with Crippen LogP contribution in [0.25, 0.3) is 0 Å². The minimum absolute atomic E-state index is 0. The number of halogens is 1. The molecule has 1 aromatic rings. The Bertz CT molecular complexity index is 438. The lowest BCUT2D eigenvalue weighted by molar-refractivity contribution is -0.131. The summed E-state index contributed by atoms with van der Waals surface area (Å²) in [6.07, 6.45) is 0. The van der Waals surface area contributed by atoms with E-state index in [1.165, 1.54) is 0 Å². The Hall–Kier alpha value is -1.59. The van der Waals surface area contributed by atoms with Crippen LogP contribution in [0.1, 0.15) is 11.1 Å². The van der Waals surface area contributed by atoms with E-state index in [9.17, 15) is 9.59 Å². The maximum absolute atomic E-state index is 11.7. The molecule has 0 saturated heterocycles. The van der Waals surface area contributed by atoms with E-state index in [4.69, 9.17) is 5.73 Å². The molecule has 1 aromatic carbocycles. The van der Waals surface area contributed by atoms with Crippen molar-refractivity contribution in [1.82, 2.24) is 10.2 Å². The summed E-state index contributed by atoms with van der Waals surface area (Å²) in [5.41, 5.74) is 7.36. The number of aryl methyl sites for hydroxylation is 1. The number of amides is 2. The Morgan fingerprint density at radius 1 is 1.37 bits per heavy atom. The number of carbonyl (C=O) groups is 2. The van der Waals surface area contributed by atoms with E-state index in [0.29, 0.717) is 6.54 Å². The molecule has 5 nitrogen and oxygen atoms in total. The minimum Gasteiger partial charge on any atom is -0.346 e. The van der Waals surface area contributed by atoms with Crippen LogP contribution in [0.4, 0.5) is 0 Å². The van der Waals surface area contributed by atoms with Gasteiger partial charge in [-0.2, -0.15) is 0 Å². The molecule has 0 aliphatic carbocycles. The van der Waals surface area contributed by atoms with Crippen molar-refractivity contribution in [2.45, 2.75) is 13.5 Å². The van der Waals surface area contributed by atoms with Gasteiger partial charge in [-0.15, -0.1) is 12.4 Å². The van der Waals surface area contributed by atoms with E-state index in [0.717, 1.165) is 11.1 Å². The third-order valence-electron chi connectivity index (χ3n) is 2.55. The Morgan fingerprint density at radius 3 is 2.63 bits per heavy atom. The van der Waals surface area contributed by atoms with Crippen LogP contribution < -0.4 is 11.1 Å². The standard InChI is InChI=1S/C13H19N3O2.ClH/c1-10-4-3-5-11(6-10)9-16(2)13(18)8-15-12(17)7-14;/h3-6H,7-9,14H2,1-2H3,(H,15,17);1H. The van der Waals surface area contributed by atoms with Gasteiger partial charge in [0, 0.05) is 13.6 Å². The summed E-state index contributed by atoms with van der Waals surface area (Å²) in [4.78, 5) is 24.2. The van der Waals surface area contributed by atoms with E-state index in [2.05, 4.69) is 5.32 Å². The van der Waals surface area contributed by atoms with Crippen molar-refractivity contribution >= 4 is 24.2 Å². The molecule has 0 heterocycles. The Kier molecular flexibility index (Phi) is 7.79. The zero-order valence-corrected chi connectivity index (χ0v) is 12.0. The number of nitrogens with two attached hydrogens (primary N) is 1. The predicted molar refractivity (Wildman–Crippen MR) is 77.0 cm³/mol. The fraction of sp³-hybridized carbons (Fsp3) is 0.385. The zero-order valence-electron chi connectivity index (χ0n) is 11.2. The quantitative estimate of drug-likeness (QED) is 0.825. The van der Waals surface area contributed by atoms with Crippen molar-refractivity contribution in [1.29, 1.82) is 0 Å².